The zero-order valence-electron chi connectivity index (χ0n) is 16.4. The summed E-state index contributed by atoms with van der Waals surface area (Å²) in [5, 5.41) is 16.2. The third kappa shape index (κ3) is 3.89. The van der Waals surface area contributed by atoms with Crippen LogP contribution in [-0.2, 0) is 11.3 Å². The number of aromatic nitrogens is 2. The molecule has 0 saturated heterocycles. The van der Waals surface area contributed by atoms with Crippen LogP contribution >= 0.6 is 11.8 Å². The summed E-state index contributed by atoms with van der Waals surface area (Å²) in [5.74, 6) is 2.11. The second-order valence-electron chi connectivity index (χ2n) is 7.00. The third-order valence-electron chi connectivity index (χ3n) is 4.95. The van der Waals surface area contributed by atoms with E-state index in [0.29, 0.717) is 23.9 Å². The Hall–Kier alpha value is -3.65. The fraction of sp³-hybridized carbons (Fsp3) is 0.130. The van der Waals surface area contributed by atoms with Gasteiger partial charge in [-0.05, 0) is 35.9 Å². The van der Waals surface area contributed by atoms with Crippen LogP contribution in [0.3, 0.4) is 0 Å². The predicted octanol–water partition coefficient (Wildman–Crippen LogP) is 4.25. The molecule has 2 aromatic heterocycles. The van der Waals surface area contributed by atoms with Crippen molar-refractivity contribution in [1.29, 1.82) is 0 Å². The van der Waals surface area contributed by atoms with E-state index in [0.717, 1.165) is 21.4 Å². The maximum atomic E-state index is 12.5. The number of carbonyl (C=O) groups is 1. The first-order valence-corrected chi connectivity index (χ1v) is 10.7. The topological polar surface area (TPSA) is 85.6 Å². The van der Waals surface area contributed by atoms with Crippen molar-refractivity contribution in [3.05, 3.63) is 72.4 Å². The van der Waals surface area contributed by atoms with E-state index in [1.54, 1.807) is 18.3 Å². The molecule has 2 N–H and O–H groups in total. The molecule has 7 nitrogen and oxygen atoms in total. The molecule has 0 aliphatic carbocycles. The van der Waals surface area contributed by atoms with Crippen LogP contribution in [0.15, 0.2) is 71.9 Å². The van der Waals surface area contributed by atoms with Gasteiger partial charge in [0.2, 0.25) is 12.7 Å². The van der Waals surface area contributed by atoms with E-state index in [-0.39, 0.29) is 24.3 Å². The number of aromatic hydroxyl groups is 1. The second-order valence-corrected chi connectivity index (χ2v) is 7.96. The standard InChI is InChI=1S/C23H19N3O4S/c27-21(25-20-7-3-4-10-24-20)13-31-23-17-6-2-1-5-16(17)22(28)26(23)12-15-8-9-18-19(11-15)30-14-29-18/h1-11,28H,12-14H2,(H,24,25,27). The number of hydrogen-bond acceptors (Lipinski definition) is 6. The highest BCUT2D eigenvalue weighted by Crippen LogP contribution is 2.39. The average molecular weight is 433 g/mol. The fourth-order valence-corrected chi connectivity index (χ4v) is 4.51. The molecule has 5 rings (SSSR count). The monoisotopic (exact) mass is 433 g/mol. The van der Waals surface area contributed by atoms with Gasteiger partial charge in [-0.25, -0.2) is 4.98 Å². The zero-order chi connectivity index (χ0) is 21.2. The van der Waals surface area contributed by atoms with Crippen LogP contribution in [0.25, 0.3) is 10.8 Å². The minimum atomic E-state index is -0.164. The van der Waals surface area contributed by atoms with Gasteiger partial charge in [0.05, 0.1) is 17.3 Å². The van der Waals surface area contributed by atoms with Crippen molar-refractivity contribution in [2.45, 2.75) is 11.6 Å². The van der Waals surface area contributed by atoms with Gasteiger partial charge in [-0.15, -0.1) is 0 Å². The molecule has 0 radical (unpaired) electrons. The van der Waals surface area contributed by atoms with Gasteiger partial charge in [0.15, 0.2) is 17.4 Å². The number of benzene rings is 2. The van der Waals surface area contributed by atoms with Gasteiger partial charge >= 0.3 is 0 Å². The number of anilines is 1. The van der Waals surface area contributed by atoms with Gasteiger partial charge in [0.25, 0.3) is 0 Å². The van der Waals surface area contributed by atoms with Crippen LogP contribution in [0, 0.1) is 0 Å². The zero-order valence-corrected chi connectivity index (χ0v) is 17.3. The minimum absolute atomic E-state index is 0.164. The molecule has 8 heteroatoms. The highest BCUT2D eigenvalue weighted by Gasteiger charge is 2.19. The molecule has 2 aromatic carbocycles. The number of fused-ring (bicyclic) bond motifs is 2. The van der Waals surface area contributed by atoms with Crippen molar-refractivity contribution in [2.24, 2.45) is 0 Å². The summed E-state index contributed by atoms with van der Waals surface area (Å²) in [6.45, 7) is 0.644. The Balaban J connectivity index is 1.42. The maximum Gasteiger partial charge on any atom is 0.235 e. The summed E-state index contributed by atoms with van der Waals surface area (Å²) in [7, 11) is 0. The molecule has 0 spiro atoms. The SMILES string of the molecule is O=C(CSc1c2ccccc2c(O)n1Cc1ccc2c(c1)OCO2)Nc1ccccn1. The molecule has 0 unspecified atom stereocenters. The van der Waals surface area contributed by atoms with Crippen molar-refractivity contribution in [3.63, 3.8) is 0 Å². The summed E-state index contributed by atoms with van der Waals surface area (Å²) in [4.78, 5) is 16.6. The van der Waals surface area contributed by atoms with Crippen LogP contribution in [0.2, 0.25) is 0 Å². The molecule has 0 bridgehead atoms. The van der Waals surface area contributed by atoms with E-state index in [1.165, 1.54) is 11.8 Å². The number of rotatable bonds is 6. The summed E-state index contributed by atoms with van der Waals surface area (Å²) in [6, 6.07) is 18.7. The Kier molecular flexibility index (Phi) is 5.13. The van der Waals surface area contributed by atoms with Crippen molar-refractivity contribution in [2.75, 3.05) is 17.9 Å². The number of amides is 1. The molecule has 156 valence electrons. The largest absolute Gasteiger partial charge is 0.494 e. The Labute approximate surface area is 182 Å². The van der Waals surface area contributed by atoms with Crippen LogP contribution in [0.5, 0.6) is 17.4 Å². The van der Waals surface area contributed by atoms with Crippen molar-refractivity contribution < 1.29 is 19.4 Å². The number of carbonyl (C=O) groups excluding carboxylic acids is 1. The van der Waals surface area contributed by atoms with Crippen LogP contribution < -0.4 is 14.8 Å². The molecule has 31 heavy (non-hydrogen) atoms. The van der Waals surface area contributed by atoms with Crippen molar-refractivity contribution in [1.82, 2.24) is 9.55 Å². The summed E-state index contributed by atoms with van der Waals surface area (Å²) in [5.41, 5.74) is 0.958. The van der Waals surface area contributed by atoms with Crippen LogP contribution in [0.4, 0.5) is 5.82 Å². The Morgan fingerprint density at radius 2 is 1.87 bits per heavy atom. The Morgan fingerprint density at radius 3 is 2.71 bits per heavy atom. The van der Waals surface area contributed by atoms with Gasteiger partial charge in [0.1, 0.15) is 5.82 Å². The van der Waals surface area contributed by atoms with E-state index in [4.69, 9.17) is 9.47 Å². The van der Waals surface area contributed by atoms with E-state index in [1.807, 2.05) is 53.1 Å². The molecular formula is C23H19N3O4S. The molecule has 4 aromatic rings. The number of ether oxygens (including phenoxy) is 2. The maximum absolute atomic E-state index is 12.5. The van der Waals surface area contributed by atoms with Crippen molar-refractivity contribution >= 4 is 34.3 Å². The van der Waals surface area contributed by atoms with E-state index < -0.39 is 0 Å². The number of nitrogens with one attached hydrogen (secondary N) is 1. The summed E-state index contributed by atoms with van der Waals surface area (Å²) in [6.07, 6.45) is 1.63. The third-order valence-corrected chi connectivity index (χ3v) is 6.07. The second kappa shape index (κ2) is 8.23. The smallest absolute Gasteiger partial charge is 0.235 e. The molecule has 1 aliphatic heterocycles. The lowest BCUT2D eigenvalue weighted by Crippen LogP contribution is -2.15. The van der Waals surface area contributed by atoms with E-state index in [9.17, 15) is 9.90 Å². The summed E-state index contributed by atoms with van der Waals surface area (Å²) >= 11 is 1.38. The average Bonchev–Trinajstić information content (AvgIpc) is 3.36. The lowest BCUT2D eigenvalue weighted by molar-refractivity contribution is -0.113. The fourth-order valence-electron chi connectivity index (χ4n) is 3.53. The van der Waals surface area contributed by atoms with Gasteiger partial charge < -0.3 is 24.5 Å². The lowest BCUT2D eigenvalue weighted by Gasteiger charge is -2.11. The van der Waals surface area contributed by atoms with E-state index >= 15 is 0 Å². The highest BCUT2D eigenvalue weighted by atomic mass is 32.2. The number of nitrogens with zero attached hydrogens (tertiary/aromatic N) is 2. The van der Waals surface area contributed by atoms with Crippen LogP contribution in [-0.4, -0.2) is 33.1 Å². The first-order chi connectivity index (χ1) is 15.2. The molecule has 1 amide bonds. The molecule has 3 heterocycles. The molecule has 0 saturated carbocycles. The first-order valence-electron chi connectivity index (χ1n) is 9.71. The first kappa shape index (κ1) is 19.3. The van der Waals surface area contributed by atoms with Gasteiger partial charge in [0, 0.05) is 17.0 Å². The number of pyridine rings is 1. The lowest BCUT2D eigenvalue weighted by atomic mass is 10.2. The quantitative estimate of drug-likeness (QED) is 0.442. The summed E-state index contributed by atoms with van der Waals surface area (Å²) < 4.78 is 12.7. The number of thioether (sulfide) groups is 1. The van der Waals surface area contributed by atoms with Gasteiger partial charge in [-0.3, -0.25) is 4.79 Å². The van der Waals surface area contributed by atoms with Crippen LogP contribution in [0.1, 0.15) is 5.56 Å². The number of hydrogen-bond donors (Lipinski definition) is 2. The molecule has 1 aliphatic rings. The predicted molar refractivity (Wildman–Crippen MR) is 119 cm³/mol. The molecular weight excluding hydrogens is 414 g/mol. The van der Waals surface area contributed by atoms with E-state index in [2.05, 4.69) is 10.3 Å². The Bertz CT molecular complexity index is 1260. The Morgan fingerprint density at radius 1 is 1.06 bits per heavy atom. The minimum Gasteiger partial charge on any atom is -0.494 e. The molecule has 0 atom stereocenters. The molecule has 0 fully saturated rings. The van der Waals surface area contributed by atoms with Gasteiger partial charge in [-0.2, -0.15) is 0 Å². The normalized spacial score (nSPS) is 12.3. The van der Waals surface area contributed by atoms with Gasteiger partial charge in [-0.1, -0.05) is 42.1 Å². The highest BCUT2D eigenvalue weighted by molar-refractivity contribution is 8.00. The van der Waals surface area contributed by atoms with Crippen molar-refractivity contribution in [3.8, 4) is 17.4 Å².